The molecule has 1 unspecified atom stereocenters. The number of hydrogen-bond acceptors (Lipinski definition) is 0. The molecule has 1 fully saturated rings. The molecule has 0 aromatic rings. The third-order valence-electron chi connectivity index (χ3n) is 2.46. The summed E-state index contributed by atoms with van der Waals surface area (Å²) >= 11 is 0. The molecule has 1 saturated carbocycles. The van der Waals surface area contributed by atoms with Gasteiger partial charge in [0.15, 0.2) is 0 Å². The molecule has 0 amide bonds. The molecular formula is C10H19Li. The summed E-state index contributed by atoms with van der Waals surface area (Å²) in [6.07, 6.45) is 12.6. The zero-order chi connectivity index (χ0) is 7.23. The first kappa shape index (κ1) is 11.6. The minimum Gasteiger partial charge on any atom is -0.325 e. The molecule has 1 rings (SSSR count). The predicted octanol–water partition coefficient (Wildman–Crippen LogP) is 0.575. The molecular weight excluding hydrogens is 127 g/mol. The molecule has 0 radical (unpaired) electrons. The summed E-state index contributed by atoms with van der Waals surface area (Å²) < 4.78 is 0. The van der Waals surface area contributed by atoms with E-state index in [-0.39, 0.29) is 18.9 Å². The van der Waals surface area contributed by atoms with E-state index in [0.717, 1.165) is 5.92 Å². The van der Waals surface area contributed by atoms with Crippen LogP contribution in [0.5, 0.6) is 0 Å². The van der Waals surface area contributed by atoms with Crippen LogP contribution in [-0.2, 0) is 0 Å². The molecule has 0 heterocycles. The molecule has 0 bridgehead atoms. The summed E-state index contributed by atoms with van der Waals surface area (Å²) in [6, 6.07) is 0. The van der Waals surface area contributed by atoms with E-state index in [0.29, 0.717) is 0 Å². The topological polar surface area (TPSA) is 0 Å². The van der Waals surface area contributed by atoms with Crippen molar-refractivity contribution in [1.82, 2.24) is 0 Å². The zero-order valence-corrected chi connectivity index (χ0v) is 8.10. The second-order valence-corrected chi connectivity index (χ2v) is 3.42. The maximum atomic E-state index is 2.54. The Labute approximate surface area is 83.3 Å². The quantitative estimate of drug-likeness (QED) is 0.403. The fourth-order valence-electron chi connectivity index (χ4n) is 1.75. The third-order valence-corrected chi connectivity index (χ3v) is 2.46. The minimum atomic E-state index is 0. The van der Waals surface area contributed by atoms with Gasteiger partial charge in [0, 0.05) is 0 Å². The predicted molar refractivity (Wildman–Crippen MR) is 45.8 cm³/mol. The second-order valence-electron chi connectivity index (χ2n) is 3.42. The van der Waals surface area contributed by atoms with Crippen LogP contribution in [0.2, 0.25) is 0 Å². The molecule has 0 N–H and O–H groups in total. The van der Waals surface area contributed by atoms with E-state index in [1.165, 1.54) is 44.9 Å². The van der Waals surface area contributed by atoms with Gasteiger partial charge < -0.3 is 6.42 Å². The number of rotatable bonds is 3. The summed E-state index contributed by atoms with van der Waals surface area (Å²) in [5.74, 6) is 0.980. The Morgan fingerprint density at radius 1 is 1.36 bits per heavy atom. The first-order chi connectivity index (χ1) is 4.93. The van der Waals surface area contributed by atoms with Gasteiger partial charge in [0.05, 0.1) is 0 Å². The Morgan fingerprint density at radius 2 is 2.18 bits per heavy atom. The molecule has 11 heavy (non-hydrogen) atoms. The van der Waals surface area contributed by atoms with E-state index in [9.17, 15) is 0 Å². The van der Waals surface area contributed by atoms with Crippen molar-refractivity contribution in [1.29, 1.82) is 0 Å². The van der Waals surface area contributed by atoms with Crippen LogP contribution in [0.15, 0.2) is 0 Å². The van der Waals surface area contributed by atoms with E-state index >= 15 is 0 Å². The Bertz CT molecular complexity index is 74.9. The SMILES string of the molecule is CCCCC1[CH-]CCCC1.[Li+]. The van der Waals surface area contributed by atoms with Crippen molar-refractivity contribution in [3.63, 3.8) is 0 Å². The Balaban J connectivity index is 0.000001000. The smallest absolute Gasteiger partial charge is 0.325 e. The summed E-state index contributed by atoms with van der Waals surface area (Å²) in [4.78, 5) is 0. The Hall–Kier alpha value is 0.597. The van der Waals surface area contributed by atoms with Crippen molar-refractivity contribution in [2.75, 3.05) is 0 Å². The minimum absolute atomic E-state index is 0. The van der Waals surface area contributed by atoms with E-state index < -0.39 is 0 Å². The second kappa shape index (κ2) is 7.26. The van der Waals surface area contributed by atoms with Crippen LogP contribution in [0.3, 0.4) is 0 Å². The number of hydrogen-bond donors (Lipinski definition) is 0. The van der Waals surface area contributed by atoms with Crippen LogP contribution < -0.4 is 18.9 Å². The Morgan fingerprint density at radius 3 is 2.73 bits per heavy atom. The van der Waals surface area contributed by atoms with Gasteiger partial charge in [-0.2, -0.15) is 12.3 Å². The van der Waals surface area contributed by atoms with Crippen LogP contribution in [-0.4, -0.2) is 0 Å². The maximum Gasteiger partial charge on any atom is 1.00 e. The van der Waals surface area contributed by atoms with Gasteiger partial charge in [0.1, 0.15) is 0 Å². The summed E-state index contributed by atoms with van der Waals surface area (Å²) in [5.41, 5.74) is 0. The molecule has 0 aromatic heterocycles. The van der Waals surface area contributed by atoms with Crippen LogP contribution in [0.25, 0.3) is 0 Å². The first-order valence-corrected chi connectivity index (χ1v) is 4.77. The summed E-state index contributed by atoms with van der Waals surface area (Å²) in [6.45, 7) is 2.28. The van der Waals surface area contributed by atoms with E-state index in [4.69, 9.17) is 0 Å². The van der Waals surface area contributed by atoms with E-state index in [2.05, 4.69) is 13.3 Å². The van der Waals surface area contributed by atoms with Crippen molar-refractivity contribution in [3.05, 3.63) is 6.42 Å². The molecule has 1 aliphatic rings. The van der Waals surface area contributed by atoms with E-state index in [1.54, 1.807) is 0 Å². The van der Waals surface area contributed by atoms with Gasteiger partial charge in [-0.05, 0) is 0 Å². The van der Waals surface area contributed by atoms with Crippen LogP contribution in [0.4, 0.5) is 0 Å². The standard InChI is InChI=1S/C10H19.Li/c1-2-3-7-10-8-5-4-6-9-10;/h8,10H,2-7,9H2,1H3;/q-1;+1. The molecule has 1 heteroatoms. The van der Waals surface area contributed by atoms with Crippen molar-refractivity contribution in [2.24, 2.45) is 5.92 Å². The van der Waals surface area contributed by atoms with Crippen molar-refractivity contribution < 1.29 is 18.9 Å². The van der Waals surface area contributed by atoms with Gasteiger partial charge in [-0.15, -0.1) is 0 Å². The summed E-state index contributed by atoms with van der Waals surface area (Å²) in [7, 11) is 0. The molecule has 0 nitrogen and oxygen atoms in total. The summed E-state index contributed by atoms with van der Waals surface area (Å²) in [5, 5.41) is 0. The van der Waals surface area contributed by atoms with Gasteiger partial charge in [-0.3, -0.25) is 0 Å². The molecule has 1 atom stereocenters. The molecule has 0 spiro atoms. The van der Waals surface area contributed by atoms with Gasteiger partial charge in [-0.25, -0.2) is 0 Å². The van der Waals surface area contributed by atoms with Gasteiger partial charge >= 0.3 is 18.9 Å². The average molecular weight is 146 g/mol. The van der Waals surface area contributed by atoms with Gasteiger partial charge in [0.25, 0.3) is 0 Å². The fourth-order valence-corrected chi connectivity index (χ4v) is 1.75. The monoisotopic (exact) mass is 146 g/mol. The zero-order valence-electron chi connectivity index (χ0n) is 8.10. The van der Waals surface area contributed by atoms with Crippen LogP contribution >= 0.6 is 0 Å². The van der Waals surface area contributed by atoms with E-state index in [1.807, 2.05) is 0 Å². The molecule has 1 aliphatic carbocycles. The van der Waals surface area contributed by atoms with Crippen molar-refractivity contribution in [3.8, 4) is 0 Å². The largest absolute Gasteiger partial charge is 1.00 e. The maximum absolute atomic E-state index is 2.54. The fraction of sp³-hybridized carbons (Fsp3) is 0.900. The van der Waals surface area contributed by atoms with Gasteiger partial charge in [0.2, 0.25) is 0 Å². The van der Waals surface area contributed by atoms with Crippen LogP contribution in [0.1, 0.15) is 51.9 Å². The molecule has 0 aliphatic heterocycles. The Kier molecular flexibility index (Phi) is 7.65. The third kappa shape index (κ3) is 4.94. The normalized spacial score (nSPS) is 24.3. The first-order valence-electron chi connectivity index (χ1n) is 4.77. The van der Waals surface area contributed by atoms with Gasteiger partial charge in [-0.1, -0.05) is 45.4 Å². The molecule has 60 valence electrons. The van der Waals surface area contributed by atoms with Crippen molar-refractivity contribution >= 4 is 0 Å². The van der Waals surface area contributed by atoms with Crippen LogP contribution in [0, 0.1) is 12.3 Å². The number of unbranched alkanes of at least 4 members (excludes halogenated alkanes) is 1. The molecule has 0 saturated heterocycles. The average Bonchev–Trinajstić information content (AvgIpc) is 2.03. The van der Waals surface area contributed by atoms with Crippen molar-refractivity contribution in [2.45, 2.75) is 51.9 Å². The molecule has 0 aromatic carbocycles.